The van der Waals surface area contributed by atoms with Gasteiger partial charge in [0, 0.05) is 19.6 Å². The fourth-order valence-corrected chi connectivity index (χ4v) is 4.76. The molecule has 4 nitrogen and oxygen atoms in total. The number of rotatable bonds is 7. The largest absolute Gasteiger partial charge is 0.342 e. The maximum Gasteiger partial charge on any atom is 0.104 e. The van der Waals surface area contributed by atoms with Crippen molar-refractivity contribution in [3.8, 4) is 22.3 Å². The zero-order valence-corrected chi connectivity index (χ0v) is 18.9. The first kappa shape index (κ1) is 20.9. The number of hydrogen-bond donors (Lipinski definition) is 2. The molecule has 1 saturated heterocycles. The normalized spacial score (nSPS) is 14.8. The molecule has 4 aromatic rings. The van der Waals surface area contributed by atoms with Crippen LogP contribution in [0.25, 0.3) is 33.3 Å². The van der Waals surface area contributed by atoms with Crippen LogP contribution in [0.3, 0.4) is 0 Å². The Hall–Kier alpha value is -2.95. The van der Waals surface area contributed by atoms with Crippen molar-refractivity contribution in [1.82, 2.24) is 20.2 Å². The average Bonchev–Trinajstić information content (AvgIpc) is 3.22. The quantitative estimate of drug-likeness (QED) is 0.370. The molecule has 0 spiro atoms. The van der Waals surface area contributed by atoms with Crippen LogP contribution in [-0.2, 0) is 6.54 Å². The number of piperidine rings is 1. The van der Waals surface area contributed by atoms with Crippen LogP contribution in [0.1, 0.15) is 30.7 Å². The Morgan fingerprint density at radius 2 is 1.62 bits per heavy atom. The van der Waals surface area contributed by atoms with Gasteiger partial charge < -0.3 is 15.2 Å². The Morgan fingerprint density at radius 3 is 2.47 bits per heavy atom. The van der Waals surface area contributed by atoms with E-state index in [1.165, 1.54) is 60.2 Å². The van der Waals surface area contributed by atoms with Gasteiger partial charge in [-0.05, 0) is 72.8 Å². The number of likely N-dealkylation sites (tertiary alicyclic amines) is 1. The molecule has 1 aliphatic heterocycles. The van der Waals surface area contributed by atoms with Crippen molar-refractivity contribution in [1.29, 1.82) is 0 Å². The van der Waals surface area contributed by atoms with Gasteiger partial charge in [-0.2, -0.15) is 0 Å². The maximum atomic E-state index is 4.50. The lowest BCUT2D eigenvalue weighted by atomic mass is 9.97. The van der Waals surface area contributed by atoms with Crippen LogP contribution in [0.5, 0.6) is 0 Å². The summed E-state index contributed by atoms with van der Waals surface area (Å²) in [5.74, 6) is 0.952. The molecule has 0 atom stereocenters. The first-order valence-electron chi connectivity index (χ1n) is 11.8. The van der Waals surface area contributed by atoms with Crippen LogP contribution in [-0.4, -0.2) is 41.0 Å². The van der Waals surface area contributed by atoms with Gasteiger partial charge in [0.1, 0.15) is 5.82 Å². The molecule has 5 rings (SSSR count). The first-order chi connectivity index (χ1) is 15.8. The molecule has 2 heterocycles. The van der Waals surface area contributed by atoms with E-state index < -0.39 is 0 Å². The summed E-state index contributed by atoms with van der Waals surface area (Å²) in [7, 11) is 0. The van der Waals surface area contributed by atoms with Crippen molar-refractivity contribution >= 4 is 11.0 Å². The van der Waals surface area contributed by atoms with Gasteiger partial charge in [0.05, 0.1) is 11.0 Å². The molecule has 0 bridgehead atoms. The fraction of sp³-hybridized carbons (Fsp3) is 0.321. The van der Waals surface area contributed by atoms with Crippen molar-refractivity contribution in [3.05, 3.63) is 78.1 Å². The molecule has 1 aliphatic rings. The Bertz CT molecular complexity index is 1170. The van der Waals surface area contributed by atoms with Crippen LogP contribution < -0.4 is 5.32 Å². The summed E-state index contributed by atoms with van der Waals surface area (Å²) >= 11 is 0. The third kappa shape index (κ3) is 4.77. The molecule has 0 aliphatic carbocycles. The molecule has 0 saturated carbocycles. The van der Waals surface area contributed by atoms with Gasteiger partial charge in [-0.15, -0.1) is 0 Å². The van der Waals surface area contributed by atoms with Crippen LogP contribution in [0.15, 0.2) is 66.7 Å². The Morgan fingerprint density at radius 1 is 0.875 bits per heavy atom. The third-order valence-corrected chi connectivity index (χ3v) is 6.52. The summed E-state index contributed by atoms with van der Waals surface area (Å²) in [5.41, 5.74) is 8.47. The number of aryl methyl sites for hydroxylation is 1. The molecule has 2 N–H and O–H groups in total. The van der Waals surface area contributed by atoms with E-state index in [0.29, 0.717) is 0 Å². The number of fused-ring (bicyclic) bond motifs is 1. The number of H-pyrrole nitrogens is 1. The molecule has 0 unspecified atom stereocenters. The lowest BCUT2D eigenvalue weighted by Crippen LogP contribution is -2.35. The molecule has 32 heavy (non-hydrogen) atoms. The number of hydrogen-bond acceptors (Lipinski definition) is 3. The number of aromatic nitrogens is 2. The highest BCUT2D eigenvalue weighted by molar-refractivity contribution is 5.82. The Kier molecular flexibility index (Phi) is 6.33. The van der Waals surface area contributed by atoms with E-state index in [2.05, 4.69) is 86.9 Å². The molecule has 1 aromatic heterocycles. The van der Waals surface area contributed by atoms with E-state index in [0.717, 1.165) is 36.5 Å². The molecule has 1 fully saturated rings. The molecule has 4 heteroatoms. The van der Waals surface area contributed by atoms with Gasteiger partial charge in [-0.3, -0.25) is 0 Å². The standard InChI is InChI=1S/C28H32N4/c1-21-30-27-14-13-24(19-28(27)31-21)22-9-11-23(12-10-22)26-8-4-3-7-25(26)20-29-15-18-32-16-5-2-6-17-32/h3-4,7-14,19,29H,2,5-6,15-18,20H2,1H3,(H,30,31). The van der Waals surface area contributed by atoms with Crippen LogP contribution in [0.2, 0.25) is 0 Å². The minimum atomic E-state index is 0.904. The molecule has 0 amide bonds. The van der Waals surface area contributed by atoms with Crippen molar-refractivity contribution < 1.29 is 0 Å². The van der Waals surface area contributed by atoms with Crippen LogP contribution in [0.4, 0.5) is 0 Å². The van der Waals surface area contributed by atoms with Gasteiger partial charge in [0.25, 0.3) is 0 Å². The van der Waals surface area contributed by atoms with E-state index in [4.69, 9.17) is 0 Å². The van der Waals surface area contributed by atoms with Gasteiger partial charge in [-0.25, -0.2) is 4.98 Å². The first-order valence-corrected chi connectivity index (χ1v) is 11.8. The SMILES string of the molecule is Cc1nc2ccc(-c3ccc(-c4ccccc4CNCCN4CCCCC4)cc3)cc2[nH]1. The monoisotopic (exact) mass is 424 g/mol. The molecule has 0 radical (unpaired) electrons. The van der Waals surface area contributed by atoms with Crippen molar-refractivity contribution in [3.63, 3.8) is 0 Å². The van der Waals surface area contributed by atoms with Gasteiger partial charge >= 0.3 is 0 Å². The number of imidazole rings is 1. The summed E-state index contributed by atoms with van der Waals surface area (Å²) < 4.78 is 0. The highest BCUT2D eigenvalue weighted by Gasteiger charge is 2.10. The van der Waals surface area contributed by atoms with Crippen molar-refractivity contribution in [2.24, 2.45) is 0 Å². The average molecular weight is 425 g/mol. The zero-order chi connectivity index (χ0) is 21.8. The van der Waals surface area contributed by atoms with Gasteiger partial charge in [-0.1, -0.05) is 61.0 Å². The third-order valence-electron chi connectivity index (χ3n) is 6.52. The zero-order valence-electron chi connectivity index (χ0n) is 18.9. The molecule has 164 valence electrons. The second kappa shape index (κ2) is 9.68. The van der Waals surface area contributed by atoms with E-state index in [1.807, 2.05) is 6.92 Å². The second-order valence-electron chi connectivity index (χ2n) is 8.87. The summed E-state index contributed by atoms with van der Waals surface area (Å²) in [6.45, 7) is 7.62. The van der Waals surface area contributed by atoms with Crippen molar-refractivity contribution in [2.45, 2.75) is 32.7 Å². The number of nitrogens with zero attached hydrogens (tertiary/aromatic N) is 2. The number of nitrogens with one attached hydrogen (secondary N) is 2. The van der Waals surface area contributed by atoms with Gasteiger partial charge in [0.2, 0.25) is 0 Å². The molecular weight excluding hydrogens is 392 g/mol. The lowest BCUT2D eigenvalue weighted by molar-refractivity contribution is 0.229. The van der Waals surface area contributed by atoms with E-state index >= 15 is 0 Å². The fourth-order valence-electron chi connectivity index (χ4n) is 4.76. The minimum Gasteiger partial charge on any atom is -0.342 e. The highest BCUT2D eigenvalue weighted by atomic mass is 15.1. The van der Waals surface area contributed by atoms with Crippen molar-refractivity contribution in [2.75, 3.05) is 26.2 Å². The Labute approximate surface area is 190 Å². The molecular formula is C28H32N4. The summed E-state index contributed by atoms with van der Waals surface area (Å²) in [5, 5.41) is 3.66. The van der Waals surface area contributed by atoms with Crippen LogP contribution in [0, 0.1) is 6.92 Å². The van der Waals surface area contributed by atoms with Crippen LogP contribution >= 0.6 is 0 Å². The Balaban J connectivity index is 1.27. The summed E-state index contributed by atoms with van der Waals surface area (Å²) in [6.07, 6.45) is 4.11. The smallest absolute Gasteiger partial charge is 0.104 e. The lowest BCUT2D eigenvalue weighted by Gasteiger charge is -2.26. The predicted octanol–water partition coefficient (Wildman–Crippen LogP) is 5.78. The number of aromatic amines is 1. The highest BCUT2D eigenvalue weighted by Crippen LogP contribution is 2.28. The van der Waals surface area contributed by atoms with E-state index in [-0.39, 0.29) is 0 Å². The molecule has 3 aromatic carbocycles. The summed E-state index contributed by atoms with van der Waals surface area (Å²) in [6, 6.07) is 24.1. The minimum absolute atomic E-state index is 0.904. The number of benzene rings is 3. The van der Waals surface area contributed by atoms with E-state index in [9.17, 15) is 0 Å². The topological polar surface area (TPSA) is 44.0 Å². The second-order valence-corrected chi connectivity index (χ2v) is 8.87. The maximum absolute atomic E-state index is 4.50. The van der Waals surface area contributed by atoms with E-state index in [1.54, 1.807) is 0 Å². The predicted molar refractivity (Wildman–Crippen MR) is 134 cm³/mol. The van der Waals surface area contributed by atoms with Gasteiger partial charge in [0.15, 0.2) is 0 Å². The summed E-state index contributed by atoms with van der Waals surface area (Å²) in [4.78, 5) is 10.4.